The number of carbonyl (C=O) groups excluding carboxylic acids is 1. The molecule has 0 aliphatic carbocycles. The van der Waals surface area contributed by atoms with E-state index in [4.69, 9.17) is 9.26 Å². The minimum atomic E-state index is -1.04. The van der Waals surface area contributed by atoms with E-state index in [1.165, 1.54) is 6.07 Å². The Balaban J connectivity index is 1.72. The molecule has 1 amide bonds. The molecule has 0 saturated heterocycles. The summed E-state index contributed by atoms with van der Waals surface area (Å²) in [5.41, 5.74) is 1.55. The lowest BCUT2D eigenvalue weighted by Gasteiger charge is -2.17. The van der Waals surface area contributed by atoms with E-state index in [1.807, 2.05) is 28.8 Å². The van der Waals surface area contributed by atoms with E-state index >= 15 is 0 Å². The number of halogens is 2. The highest BCUT2D eigenvalue weighted by molar-refractivity contribution is 5.99. The number of nitrogens with one attached hydrogen (secondary N) is 1. The second-order valence-corrected chi connectivity index (χ2v) is 6.60. The number of ether oxygens (including phenoxy) is 1. The number of hydrogen-bond donors (Lipinski definition) is 1. The van der Waals surface area contributed by atoms with E-state index < -0.39 is 23.6 Å². The summed E-state index contributed by atoms with van der Waals surface area (Å²) < 4.78 is 39.0. The third-order valence-electron chi connectivity index (χ3n) is 4.75. The van der Waals surface area contributed by atoms with Gasteiger partial charge in [-0.05, 0) is 29.8 Å². The molecule has 30 heavy (non-hydrogen) atoms. The van der Waals surface area contributed by atoms with Crippen LogP contribution < -0.4 is 5.32 Å². The van der Waals surface area contributed by atoms with E-state index in [0.717, 1.165) is 29.4 Å². The van der Waals surface area contributed by atoms with Crippen molar-refractivity contribution in [1.82, 2.24) is 20.0 Å². The third-order valence-corrected chi connectivity index (χ3v) is 4.75. The van der Waals surface area contributed by atoms with Crippen LogP contribution in [0.15, 0.2) is 59.4 Å². The summed E-state index contributed by atoms with van der Waals surface area (Å²) in [6.45, 7) is 0.876. The van der Waals surface area contributed by atoms with E-state index in [-0.39, 0.29) is 11.4 Å². The van der Waals surface area contributed by atoms with Crippen LogP contribution in [0.1, 0.15) is 27.9 Å². The van der Waals surface area contributed by atoms with Gasteiger partial charge in [-0.15, -0.1) is 0 Å². The van der Waals surface area contributed by atoms with Crippen molar-refractivity contribution in [2.45, 2.75) is 12.6 Å². The van der Waals surface area contributed by atoms with Crippen molar-refractivity contribution in [2.24, 2.45) is 0 Å². The van der Waals surface area contributed by atoms with Gasteiger partial charge in [0.25, 0.3) is 5.91 Å². The van der Waals surface area contributed by atoms with E-state index in [9.17, 15) is 13.6 Å². The first-order valence-electron chi connectivity index (χ1n) is 9.17. The molecule has 0 aliphatic heterocycles. The van der Waals surface area contributed by atoms with Gasteiger partial charge in [-0.3, -0.25) is 4.79 Å². The van der Waals surface area contributed by atoms with Crippen LogP contribution in [0.4, 0.5) is 8.78 Å². The van der Waals surface area contributed by atoms with Gasteiger partial charge in [-0.1, -0.05) is 29.4 Å². The molecule has 0 fully saturated rings. The molecule has 0 aliphatic rings. The first-order valence-corrected chi connectivity index (χ1v) is 9.17. The number of carbonyl (C=O) groups is 1. The third kappa shape index (κ3) is 3.79. The molecular formula is C21H18F2N4O3. The highest BCUT2D eigenvalue weighted by Gasteiger charge is 2.25. The monoisotopic (exact) mass is 412 g/mol. The highest BCUT2D eigenvalue weighted by Crippen LogP contribution is 2.24. The fourth-order valence-electron chi connectivity index (χ4n) is 3.32. The van der Waals surface area contributed by atoms with Gasteiger partial charge >= 0.3 is 0 Å². The predicted molar refractivity (Wildman–Crippen MR) is 104 cm³/mol. The largest absolute Gasteiger partial charge is 0.383 e. The van der Waals surface area contributed by atoms with Gasteiger partial charge in [0.05, 0.1) is 6.61 Å². The normalized spacial score (nSPS) is 12.2. The number of methoxy groups -OCH3 is 1. The van der Waals surface area contributed by atoms with Gasteiger partial charge in [-0.25, -0.2) is 8.78 Å². The summed E-state index contributed by atoms with van der Waals surface area (Å²) >= 11 is 0. The summed E-state index contributed by atoms with van der Waals surface area (Å²) in [7, 11) is 1.58. The second kappa shape index (κ2) is 8.42. The minimum Gasteiger partial charge on any atom is -0.383 e. The summed E-state index contributed by atoms with van der Waals surface area (Å²) in [6.07, 6.45) is 1.10. The van der Waals surface area contributed by atoms with Crippen LogP contribution in [-0.2, 0) is 11.3 Å². The fourth-order valence-corrected chi connectivity index (χ4v) is 3.32. The van der Waals surface area contributed by atoms with E-state index in [2.05, 4.69) is 15.5 Å². The SMILES string of the molecule is COCCn1c(C(=O)NC(c2ccc(F)c(F)c2)c2ncon2)cc2ccccc21. The number of fused-ring (bicyclic) bond motifs is 1. The number of amides is 1. The molecule has 0 bridgehead atoms. The first kappa shape index (κ1) is 19.7. The topological polar surface area (TPSA) is 82.2 Å². The quantitative estimate of drug-likeness (QED) is 0.503. The Morgan fingerprint density at radius 2 is 2.03 bits per heavy atom. The molecule has 2 heterocycles. The maximum atomic E-state index is 13.8. The van der Waals surface area contributed by atoms with Crippen molar-refractivity contribution < 1.29 is 22.8 Å². The zero-order valence-corrected chi connectivity index (χ0v) is 16.0. The Hall–Kier alpha value is -3.59. The molecular weight excluding hydrogens is 394 g/mol. The van der Waals surface area contributed by atoms with Gasteiger partial charge in [-0.2, -0.15) is 4.98 Å². The number of rotatable bonds is 7. The fraction of sp³-hybridized carbons (Fsp3) is 0.190. The van der Waals surface area contributed by atoms with Crippen molar-refractivity contribution in [3.8, 4) is 0 Å². The molecule has 1 unspecified atom stereocenters. The maximum Gasteiger partial charge on any atom is 0.268 e. The molecule has 4 rings (SSSR count). The van der Waals surface area contributed by atoms with Crippen LogP contribution in [0.25, 0.3) is 10.9 Å². The van der Waals surface area contributed by atoms with Crippen LogP contribution in [-0.4, -0.2) is 34.3 Å². The van der Waals surface area contributed by atoms with Gasteiger partial charge < -0.3 is 19.1 Å². The lowest BCUT2D eigenvalue weighted by Crippen LogP contribution is -2.32. The summed E-state index contributed by atoms with van der Waals surface area (Å²) in [4.78, 5) is 17.2. The molecule has 7 nitrogen and oxygen atoms in total. The molecule has 2 aromatic heterocycles. The number of aromatic nitrogens is 3. The molecule has 154 valence electrons. The van der Waals surface area contributed by atoms with Gasteiger partial charge in [0.2, 0.25) is 6.39 Å². The molecule has 0 saturated carbocycles. The van der Waals surface area contributed by atoms with Gasteiger partial charge in [0, 0.05) is 24.6 Å². The van der Waals surface area contributed by atoms with Crippen molar-refractivity contribution in [1.29, 1.82) is 0 Å². The minimum absolute atomic E-state index is 0.119. The van der Waals surface area contributed by atoms with Crippen LogP contribution in [0.2, 0.25) is 0 Å². The first-order chi connectivity index (χ1) is 14.6. The molecule has 1 N–H and O–H groups in total. The molecule has 0 radical (unpaired) electrons. The average molecular weight is 412 g/mol. The maximum absolute atomic E-state index is 13.8. The molecule has 0 spiro atoms. The predicted octanol–water partition coefficient (Wildman–Crippen LogP) is 3.47. The van der Waals surface area contributed by atoms with Crippen molar-refractivity contribution >= 4 is 16.8 Å². The lowest BCUT2D eigenvalue weighted by molar-refractivity contribution is 0.0929. The van der Waals surface area contributed by atoms with Crippen LogP contribution >= 0.6 is 0 Å². The Labute approximate surface area is 170 Å². The summed E-state index contributed by atoms with van der Waals surface area (Å²) in [6, 6.07) is 11.8. The molecule has 2 aromatic carbocycles. The smallest absolute Gasteiger partial charge is 0.268 e. The summed E-state index contributed by atoms with van der Waals surface area (Å²) in [5.74, 6) is -2.34. The summed E-state index contributed by atoms with van der Waals surface area (Å²) in [5, 5.41) is 7.46. The van der Waals surface area contributed by atoms with Crippen LogP contribution in [0.3, 0.4) is 0 Å². The Morgan fingerprint density at radius 3 is 2.77 bits per heavy atom. The Bertz CT molecular complexity index is 1170. The number of benzene rings is 2. The zero-order valence-electron chi connectivity index (χ0n) is 16.0. The standard InChI is InChI=1S/C21H18F2N4O3/c1-29-9-8-27-17-5-3-2-4-13(17)11-18(27)21(28)25-19(20-24-12-30-26-20)14-6-7-15(22)16(23)10-14/h2-7,10-12,19H,8-9H2,1H3,(H,25,28). The van der Waals surface area contributed by atoms with Gasteiger partial charge in [0.15, 0.2) is 17.5 Å². The zero-order chi connectivity index (χ0) is 21.1. The van der Waals surface area contributed by atoms with Crippen molar-refractivity contribution in [2.75, 3.05) is 13.7 Å². The van der Waals surface area contributed by atoms with E-state index in [0.29, 0.717) is 18.8 Å². The number of hydrogen-bond acceptors (Lipinski definition) is 5. The van der Waals surface area contributed by atoms with Gasteiger partial charge in [0.1, 0.15) is 11.7 Å². The number of para-hydroxylation sites is 1. The highest BCUT2D eigenvalue weighted by atomic mass is 19.2. The Kier molecular flexibility index (Phi) is 5.53. The molecule has 1 atom stereocenters. The Morgan fingerprint density at radius 1 is 1.20 bits per heavy atom. The lowest BCUT2D eigenvalue weighted by atomic mass is 10.1. The second-order valence-electron chi connectivity index (χ2n) is 6.60. The van der Waals surface area contributed by atoms with Crippen LogP contribution in [0, 0.1) is 11.6 Å². The van der Waals surface area contributed by atoms with Crippen LogP contribution in [0.5, 0.6) is 0 Å². The average Bonchev–Trinajstić information content (AvgIpc) is 3.40. The molecule has 4 aromatic rings. The van der Waals surface area contributed by atoms with Crippen molar-refractivity contribution in [3.63, 3.8) is 0 Å². The molecule has 9 heteroatoms. The van der Waals surface area contributed by atoms with E-state index in [1.54, 1.807) is 13.2 Å². The van der Waals surface area contributed by atoms with Crippen molar-refractivity contribution in [3.05, 3.63) is 83.6 Å². The number of nitrogens with zero attached hydrogens (tertiary/aromatic N) is 3.